The second-order valence-corrected chi connectivity index (χ2v) is 8.35. The zero-order valence-corrected chi connectivity index (χ0v) is 16.4. The van der Waals surface area contributed by atoms with Gasteiger partial charge in [-0.3, -0.25) is 14.6 Å². The number of amides is 2. The SMILES string of the molecule is Cc1csc(C(=O)N2CCc3nc(C(=O)Nc4ccncc4)sc3CC2)c1. The predicted molar refractivity (Wildman–Crippen MR) is 107 cm³/mol. The Morgan fingerprint density at radius 1 is 1.19 bits per heavy atom. The van der Waals surface area contributed by atoms with Gasteiger partial charge in [-0.15, -0.1) is 22.7 Å². The number of hydrogen-bond acceptors (Lipinski definition) is 6. The third-order valence-electron chi connectivity index (χ3n) is 4.37. The molecule has 0 radical (unpaired) electrons. The molecule has 0 aromatic carbocycles. The summed E-state index contributed by atoms with van der Waals surface area (Å²) in [5, 5.41) is 5.30. The number of nitrogens with one attached hydrogen (secondary N) is 1. The second-order valence-electron chi connectivity index (χ2n) is 6.36. The fourth-order valence-corrected chi connectivity index (χ4v) is 4.84. The number of aryl methyl sites for hydroxylation is 1. The maximum Gasteiger partial charge on any atom is 0.284 e. The van der Waals surface area contributed by atoms with E-state index in [1.165, 1.54) is 22.7 Å². The van der Waals surface area contributed by atoms with Crippen LogP contribution in [-0.2, 0) is 12.8 Å². The molecule has 6 nitrogen and oxygen atoms in total. The van der Waals surface area contributed by atoms with Gasteiger partial charge in [-0.25, -0.2) is 4.98 Å². The molecule has 0 saturated carbocycles. The molecule has 1 aliphatic rings. The van der Waals surface area contributed by atoms with Crippen molar-refractivity contribution in [1.29, 1.82) is 0 Å². The van der Waals surface area contributed by atoms with Crippen LogP contribution in [0.5, 0.6) is 0 Å². The van der Waals surface area contributed by atoms with Crippen LogP contribution in [0.15, 0.2) is 36.0 Å². The van der Waals surface area contributed by atoms with Gasteiger partial charge in [-0.05, 0) is 36.1 Å². The van der Waals surface area contributed by atoms with Crippen LogP contribution in [0.3, 0.4) is 0 Å². The largest absolute Gasteiger partial charge is 0.337 e. The van der Waals surface area contributed by atoms with Gasteiger partial charge in [-0.2, -0.15) is 0 Å². The number of hydrogen-bond donors (Lipinski definition) is 1. The number of carbonyl (C=O) groups excluding carboxylic acids is 2. The fourth-order valence-electron chi connectivity index (χ4n) is 2.98. The van der Waals surface area contributed by atoms with Gasteiger partial charge in [0.15, 0.2) is 5.01 Å². The second kappa shape index (κ2) is 7.58. The molecule has 0 spiro atoms. The van der Waals surface area contributed by atoms with Crippen molar-refractivity contribution < 1.29 is 9.59 Å². The van der Waals surface area contributed by atoms with E-state index in [0.29, 0.717) is 30.2 Å². The number of anilines is 1. The van der Waals surface area contributed by atoms with Crippen LogP contribution in [0.25, 0.3) is 0 Å². The van der Waals surface area contributed by atoms with Gasteiger partial charge in [0.25, 0.3) is 11.8 Å². The number of aromatic nitrogens is 2. The van der Waals surface area contributed by atoms with Crippen LogP contribution in [0.2, 0.25) is 0 Å². The van der Waals surface area contributed by atoms with Crippen LogP contribution in [0.4, 0.5) is 5.69 Å². The summed E-state index contributed by atoms with van der Waals surface area (Å²) in [6.45, 7) is 3.27. The molecule has 2 amide bonds. The van der Waals surface area contributed by atoms with Crippen molar-refractivity contribution in [3.05, 3.63) is 62.0 Å². The van der Waals surface area contributed by atoms with Gasteiger partial charge in [0.1, 0.15) is 0 Å². The first-order chi connectivity index (χ1) is 13.1. The standard InChI is InChI=1S/C19H18N4O2S2/c1-12-10-16(26-11-12)19(25)23-8-4-14-15(5-9-23)27-18(22-14)17(24)21-13-2-6-20-7-3-13/h2-3,6-7,10-11H,4-5,8-9H2,1H3,(H,20,21,24). The van der Waals surface area contributed by atoms with Gasteiger partial charge in [-0.1, -0.05) is 0 Å². The topological polar surface area (TPSA) is 75.2 Å². The van der Waals surface area contributed by atoms with E-state index in [-0.39, 0.29) is 11.8 Å². The lowest BCUT2D eigenvalue weighted by molar-refractivity contribution is 0.0767. The number of pyridine rings is 1. The summed E-state index contributed by atoms with van der Waals surface area (Å²) in [6, 6.07) is 5.42. The minimum atomic E-state index is -0.207. The molecule has 0 fully saturated rings. The Balaban J connectivity index is 1.43. The highest BCUT2D eigenvalue weighted by Crippen LogP contribution is 2.25. The molecule has 1 N–H and O–H groups in total. The van der Waals surface area contributed by atoms with Crippen LogP contribution in [0, 0.1) is 6.92 Å². The maximum atomic E-state index is 12.7. The van der Waals surface area contributed by atoms with Crippen LogP contribution < -0.4 is 5.32 Å². The predicted octanol–water partition coefficient (Wildman–Crippen LogP) is 3.40. The third kappa shape index (κ3) is 3.91. The molecule has 0 aliphatic carbocycles. The number of fused-ring (bicyclic) bond motifs is 1. The molecule has 0 saturated heterocycles. The lowest BCUT2D eigenvalue weighted by atomic mass is 10.2. The van der Waals surface area contributed by atoms with Crippen molar-refractivity contribution in [3.8, 4) is 0 Å². The molecule has 138 valence electrons. The van der Waals surface area contributed by atoms with Crippen LogP contribution >= 0.6 is 22.7 Å². The zero-order chi connectivity index (χ0) is 18.8. The van der Waals surface area contributed by atoms with Crippen LogP contribution in [0.1, 0.15) is 35.6 Å². The Hall–Kier alpha value is -2.58. The molecule has 3 aromatic rings. The van der Waals surface area contributed by atoms with E-state index in [1.54, 1.807) is 24.5 Å². The molecular weight excluding hydrogens is 380 g/mol. The Morgan fingerprint density at radius 2 is 1.96 bits per heavy atom. The minimum absolute atomic E-state index is 0.0823. The highest BCUT2D eigenvalue weighted by atomic mass is 32.1. The third-order valence-corrected chi connectivity index (χ3v) is 6.56. The molecule has 4 rings (SSSR count). The van der Waals surface area contributed by atoms with Crippen molar-refractivity contribution in [2.75, 3.05) is 18.4 Å². The number of thiophene rings is 1. The molecule has 0 unspecified atom stereocenters. The first-order valence-corrected chi connectivity index (χ1v) is 10.3. The number of nitrogens with zero attached hydrogens (tertiary/aromatic N) is 3. The van der Waals surface area contributed by atoms with Crippen molar-refractivity contribution in [2.45, 2.75) is 19.8 Å². The Kier molecular flexibility index (Phi) is 5.00. The first kappa shape index (κ1) is 17.8. The van der Waals surface area contributed by atoms with Gasteiger partial charge in [0, 0.05) is 48.9 Å². The quantitative estimate of drug-likeness (QED) is 0.734. The minimum Gasteiger partial charge on any atom is -0.337 e. The van der Waals surface area contributed by atoms with E-state index in [1.807, 2.05) is 23.3 Å². The first-order valence-electron chi connectivity index (χ1n) is 8.64. The number of carbonyl (C=O) groups is 2. The summed E-state index contributed by atoms with van der Waals surface area (Å²) in [6.07, 6.45) is 4.66. The molecule has 8 heteroatoms. The summed E-state index contributed by atoms with van der Waals surface area (Å²) < 4.78 is 0. The zero-order valence-electron chi connectivity index (χ0n) is 14.8. The summed E-state index contributed by atoms with van der Waals surface area (Å²) in [5.74, 6) is -0.125. The number of thiazole rings is 1. The van der Waals surface area contributed by atoms with Gasteiger partial charge in [0.2, 0.25) is 0 Å². The summed E-state index contributed by atoms with van der Waals surface area (Å²) in [7, 11) is 0. The maximum absolute atomic E-state index is 12.7. The van der Waals surface area contributed by atoms with Crippen molar-refractivity contribution in [2.24, 2.45) is 0 Å². The molecule has 3 aromatic heterocycles. The van der Waals surface area contributed by atoms with E-state index in [9.17, 15) is 9.59 Å². The smallest absolute Gasteiger partial charge is 0.284 e. The summed E-state index contributed by atoms with van der Waals surface area (Å²) >= 11 is 2.91. The van der Waals surface area contributed by atoms with Gasteiger partial charge < -0.3 is 10.2 Å². The van der Waals surface area contributed by atoms with E-state index >= 15 is 0 Å². The Morgan fingerprint density at radius 3 is 2.70 bits per heavy atom. The molecule has 27 heavy (non-hydrogen) atoms. The highest BCUT2D eigenvalue weighted by molar-refractivity contribution is 7.13. The van der Waals surface area contributed by atoms with Crippen molar-refractivity contribution in [1.82, 2.24) is 14.9 Å². The molecular formula is C19H18N4O2S2. The highest BCUT2D eigenvalue weighted by Gasteiger charge is 2.24. The monoisotopic (exact) mass is 398 g/mol. The Labute approximate surface area is 164 Å². The van der Waals surface area contributed by atoms with Crippen LogP contribution in [-0.4, -0.2) is 39.8 Å². The van der Waals surface area contributed by atoms with Crippen molar-refractivity contribution in [3.63, 3.8) is 0 Å². The van der Waals surface area contributed by atoms with E-state index < -0.39 is 0 Å². The van der Waals surface area contributed by atoms with Gasteiger partial charge >= 0.3 is 0 Å². The molecule has 0 atom stereocenters. The molecule has 1 aliphatic heterocycles. The lowest BCUT2D eigenvalue weighted by Gasteiger charge is -2.19. The van der Waals surface area contributed by atoms with E-state index in [0.717, 1.165) is 27.4 Å². The molecule has 4 heterocycles. The average Bonchev–Trinajstić information content (AvgIpc) is 3.24. The average molecular weight is 399 g/mol. The lowest BCUT2D eigenvalue weighted by Crippen LogP contribution is -2.32. The van der Waals surface area contributed by atoms with E-state index in [4.69, 9.17) is 0 Å². The summed E-state index contributed by atoms with van der Waals surface area (Å²) in [4.78, 5) is 37.3. The van der Waals surface area contributed by atoms with E-state index in [2.05, 4.69) is 15.3 Å². The molecule has 0 bridgehead atoms. The fraction of sp³-hybridized carbons (Fsp3) is 0.263. The number of rotatable bonds is 3. The Bertz CT molecular complexity index is 955. The normalized spacial score (nSPS) is 13.7. The van der Waals surface area contributed by atoms with Gasteiger partial charge in [0.05, 0.1) is 10.6 Å². The van der Waals surface area contributed by atoms with Crippen molar-refractivity contribution >= 4 is 40.2 Å². The summed E-state index contributed by atoms with van der Waals surface area (Å²) in [5.41, 5.74) is 2.74.